The van der Waals surface area contributed by atoms with Crippen molar-refractivity contribution < 1.29 is 23.9 Å². The molecule has 0 radical (unpaired) electrons. The molecule has 1 heterocycles. The number of anilines is 2. The van der Waals surface area contributed by atoms with Crippen molar-refractivity contribution in [1.29, 1.82) is 0 Å². The first-order chi connectivity index (χ1) is 13.0. The molecule has 2 aromatic carbocycles. The number of fused-ring (bicyclic) bond motifs is 1. The lowest BCUT2D eigenvalue weighted by molar-refractivity contribution is -0.125. The minimum Gasteiger partial charge on any atom is -0.484 e. The van der Waals surface area contributed by atoms with Crippen LogP contribution in [-0.4, -0.2) is 44.5 Å². The molecule has 3 amide bonds. The Morgan fingerprint density at radius 1 is 1.15 bits per heavy atom. The third kappa shape index (κ3) is 4.75. The Labute approximate surface area is 156 Å². The number of hydrogen-bond donors (Lipinski definition) is 2. The third-order valence-corrected chi connectivity index (χ3v) is 3.89. The van der Waals surface area contributed by atoms with Gasteiger partial charge in [0.05, 0.1) is 12.2 Å². The van der Waals surface area contributed by atoms with E-state index in [0.29, 0.717) is 22.9 Å². The SMILES string of the molecule is CN1C(=O)COc2cc(NC(=O)CNC(=O)COc3ccccc3)ccc21. The zero-order valence-electron chi connectivity index (χ0n) is 14.7. The van der Waals surface area contributed by atoms with Gasteiger partial charge in [-0.3, -0.25) is 14.4 Å². The molecule has 2 aromatic rings. The molecule has 0 saturated carbocycles. The molecular weight excluding hydrogens is 350 g/mol. The minimum absolute atomic E-state index is 0.0433. The fraction of sp³-hybridized carbons (Fsp3) is 0.211. The zero-order chi connectivity index (χ0) is 19.2. The van der Waals surface area contributed by atoms with Gasteiger partial charge in [0.15, 0.2) is 13.2 Å². The lowest BCUT2D eigenvalue weighted by Gasteiger charge is -2.26. The first-order valence-electron chi connectivity index (χ1n) is 8.31. The number of rotatable bonds is 6. The van der Waals surface area contributed by atoms with Gasteiger partial charge >= 0.3 is 0 Å². The molecule has 8 nitrogen and oxygen atoms in total. The van der Waals surface area contributed by atoms with Crippen LogP contribution in [0.15, 0.2) is 48.5 Å². The molecule has 0 spiro atoms. The number of nitrogens with one attached hydrogen (secondary N) is 2. The number of likely N-dealkylation sites (N-methyl/N-ethyl adjacent to an activating group) is 1. The largest absolute Gasteiger partial charge is 0.484 e. The van der Waals surface area contributed by atoms with Crippen LogP contribution in [0.2, 0.25) is 0 Å². The molecule has 0 aromatic heterocycles. The average Bonchev–Trinajstić information content (AvgIpc) is 2.68. The van der Waals surface area contributed by atoms with E-state index in [1.807, 2.05) is 6.07 Å². The van der Waals surface area contributed by atoms with Crippen molar-refractivity contribution in [2.75, 3.05) is 37.0 Å². The summed E-state index contributed by atoms with van der Waals surface area (Å²) in [4.78, 5) is 36.9. The van der Waals surface area contributed by atoms with Gasteiger partial charge in [-0.2, -0.15) is 0 Å². The van der Waals surface area contributed by atoms with Crippen LogP contribution in [0.3, 0.4) is 0 Å². The second-order valence-electron chi connectivity index (χ2n) is 5.85. The van der Waals surface area contributed by atoms with Crippen molar-refractivity contribution in [1.82, 2.24) is 5.32 Å². The average molecular weight is 369 g/mol. The van der Waals surface area contributed by atoms with Gasteiger partial charge in [0.25, 0.3) is 11.8 Å². The third-order valence-electron chi connectivity index (χ3n) is 3.89. The van der Waals surface area contributed by atoms with Crippen molar-refractivity contribution in [2.45, 2.75) is 0 Å². The maximum Gasteiger partial charge on any atom is 0.264 e. The van der Waals surface area contributed by atoms with Gasteiger partial charge < -0.3 is 25.0 Å². The monoisotopic (exact) mass is 369 g/mol. The van der Waals surface area contributed by atoms with E-state index in [0.717, 1.165) is 0 Å². The van der Waals surface area contributed by atoms with Crippen LogP contribution < -0.4 is 25.0 Å². The van der Waals surface area contributed by atoms with E-state index < -0.39 is 5.91 Å². The summed E-state index contributed by atoms with van der Waals surface area (Å²) in [5.41, 5.74) is 1.15. The van der Waals surface area contributed by atoms with Crippen molar-refractivity contribution in [3.63, 3.8) is 0 Å². The number of carbonyl (C=O) groups is 3. The van der Waals surface area contributed by atoms with Crippen molar-refractivity contribution in [3.8, 4) is 11.5 Å². The Morgan fingerprint density at radius 3 is 2.70 bits per heavy atom. The van der Waals surface area contributed by atoms with Crippen LogP contribution in [0.4, 0.5) is 11.4 Å². The van der Waals surface area contributed by atoms with E-state index in [-0.39, 0.29) is 31.6 Å². The number of para-hydroxylation sites is 1. The summed E-state index contributed by atoms with van der Waals surface area (Å²) in [7, 11) is 1.66. The van der Waals surface area contributed by atoms with Crippen LogP contribution >= 0.6 is 0 Å². The molecule has 0 bridgehead atoms. The Bertz CT molecular complexity index is 854. The lowest BCUT2D eigenvalue weighted by atomic mass is 10.2. The molecule has 2 N–H and O–H groups in total. The van der Waals surface area contributed by atoms with E-state index >= 15 is 0 Å². The number of hydrogen-bond acceptors (Lipinski definition) is 5. The smallest absolute Gasteiger partial charge is 0.264 e. The number of ether oxygens (including phenoxy) is 2. The molecule has 0 aliphatic carbocycles. The highest BCUT2D eigenvalue weighted by atomic mass is 16.5. The molecule has 0 atom stereocenters. The fourth-order valence-corrected chi connectivity index (χ4v) is 2.46. The predicted molar refractivity (Wildman–Crippen MR) is 98.9 cm³/mol. The van der Waals surface area contributed by atoms with Gasteiger partial charge in [-0.1, -0.05) is 18.2 Å². The Hall–Kier alpha value is -3.55. The molecule has 140 valence electrons. The first kappa shape index (κ1) is 18.2. The van der Waals surface area contributed by atoms with Gasteiger partial charge in [-0.15, -0.1) is 0 Å². The van der Waals surface area contributed by atoms with Crippen LogP contribution in [-0.2, 0) is 14.4 Å². The van der Waals surface area contributed by atoms with E-state index in [9.17, 15) is 14.4 Å². The molecule has 27 heavy (non-hydrogen) atoms. The Kier molecular flexibility index (Phi) is 5.55. The standard InChI is InChI=1S/C19H19N3O5/c1-22-15-8-7-13(9-16(15)27-12-19(22)25)21-17(23)10-20-18(24)11-26-14-5-3-2-4-6-14/h2-9H,10-12H2,1H3,(H,20,24)(H,21,23). The van der Waals surface area contributed by atoms with E-state index in [4.69, 9.17) is 9.47 Å². The fourth-order valence-electron chi connectivity index (χ4n) is 2.46. The number of amides is 3. The summed E-state index contributed by atoms with van der Waals surface area (Å²) < 4.78 is 10.7. The molecular formula is C19H19N3O5. The van der Waals surface area contributed by atoms with Gasteiger partial charge in [0.1, 0.15) is 11.5 Å². The summed E-state index contributed by atoms with van der Waals surface area (Å²) in [5, 5.41) is 5.16. The zero-order valence-corrected chi connectivity index (χ0v) is 14.7. The first-order valence-corrected chi connectivity index (χ1v) is 8.31. The van der Waals surface area contributed by atoms with Crippen molar-refractivity contribution in [2.24, 2.45) is 0 Å². The van der Waals surface area contributed by atoms with Crippen LogP contribution in [0.1, 0.15) is 0 Å². The van der Waals surface area contributed by atoms with E-state index in [1.165, 1.54) is 4.90 Å². The molecule has 1 aliphatic heterocycles. The molecule has 3 rings (SSSR count). The molecule has 0 fully saturated rings. The maximum atomic E-state index is 12.0. The number of benzene rings is 2. The molecule has 0 unspecified atom stereocenters. The van der Waals surface area contributed by atoms with Gasteiger partial charge in [0, 0.05) is 18.8 Å². The summed E-state index contributed by atoms with van der Waals surface area (Å²) in [6.45, 7) is -0.407. The summed E-state index contributed by atoms with van der Waals surface area (Å²) in [5.74, 6) is 0.163. The second kappa shape index (κ2) is 8.22. The highest BCUT2D eigenvalue weighted by Gasteiger charge is 2.22. The van der Waals surface area contributed by atoms with Crippen LogP contribution in [0, 0.1) is 0 Å². The molecule has 8 heteroatoms. The van der Waals surface area contributed by atoms with Crippen molar-refractivity contribution >= 4 is 29.1 Å². The summed E-state index contributed by atoms with van der Waals surface area (Å²) in [6, 6.07) is 13.9. The minimum atomic E-state index is -0.400. The predicted octanol–water partition coefficient (Wildman–Crippen LogP) is 1.18. The van der Waals surface area contributed by atoms with Crippen molar-refractivity contribution in [3.05, 3.63) is 48.5 Å². The normalized spacial score (nSPS) is 12.6. The summed E-state index contributed by atoms with van der Waals surface area (Å²) >= 11 is 0. The maximum absolute atomic E-state index is 12.0. The Morgan fingerprint density at radius 2 is 1.93 bits per heavy atom. The van der Waals surface area contributed by atoms with Gasteiger partial charge in [-0.25, -0.2) is 0 Å². The van der Waals surface area contributed by atoms with E-state index in [2.05, 4.69) is 10.6 Å². The lowest BCUT2D eigenvalue weighted by Crippen LogP contribution is -2.36. The topological polar surface area (TPSA) is 97.0 Å². The van der Waals surface area contributed by atoms with Crippen LogP contribution in [0.5, 0.6) is 11.5 Å². The quantitative estimate of drug-likeness (QED) is 0.797. The van der Waals surface area contributed by atoms with E-state index in [1.54, 1.807) is 49.5 Å². The second-order valence-corrected chi connectivity index (χ2v) is 5.85. The molecule has 1 aliphatic rings. The highest BCUT2D eigenvalue weighted by molar-refractivity contribution is 5.99. The molecule has 0 saturated heterocycles. The summed E-state index contributed by atoms with van der Waals surface area (Å²) in [6.07, 6.45) is 0. The van der Waals surface area contributed by atoms with Crippen LogP contribution in [0.25, 0.3) is 0 Å². The van der Waals surface area contributed by atoms with Gasteiger partial charge in [-0.05, 0) is 24.3 Å². The van der Waals surface area contributed by atoms with Gasteiger partial charge in [0.2, 0.25) is 5.91 Å². The Balaban J connectivity index is 1.47. The number of carbonyl (C=O) groups excluding carboxylic acids is 3. The number of nitrogens with zero attached hydrogens (tertiary/aromatic N) is 1. The highest BCUT2D eigenvalue weighted by Crippen LogP contribution is 2.33.